The van der Waals surface area contributed by atoms with Gasteiger partial charge in [0, 0.05) is 23.0 Å². The van der Waals surface area contributed by atoms with Crippen LogP contribution in [0.2, 0.25) is 0 Å². The smallest absolute Gasteiger partial charge is 0.0767 e. The Balaban J connectivity index is 2.89. The fraction of sp³-hybridized carbons (Fsp3) is 0.273. The topological polar surface area (TPSA) is 25.8 Å². The molecule has 2 nitrogen and oxygen atoms in total. The molecule has 0 aliphatic heterocycles. The molecule has 0 aromatic carbocycles. The average Bonchev–Trinajstić information content (AvgIpc) is 2.12. The van der Waals surface area contributed by atoms with Crippen molar-refractivity contribution >= 4 is 10.9 Å². The van der Waals surface area contributed by atoms with Crippen LogP contribution >= 0.6 is 0 Å². The summed E-state index contributed by atoms with van der Waals surface area (Å²) in [6, 6.07) is 4.08. The fourth-order valence-electron chi connectivity index (χ4n) is 1.41. The lowest BCUT2D eigenvalue weighted by Gasteiger charge is -2.04. The molecule has 0 amide bonds. The molecule has 2 heterocycles. The Morgan fingerprint density at radius 2 is 1.85 bits per heavy atom. The van der Waals surface area contributed by atoms with E-state index in [1.807, 2.05) is 26.1 Å². The Labute approximate surface area is 77.6 Å². The van der Waals surface area contributed by atoms with Crippen molar-refractivity contribution in [3.63, 3.8) is 0 Å². The number of hydrogen-bond acceptors (Lipinski definition) is 2. The highest BCUT2D eigenvalue weighted by Crippen LogP contribution is 2.17. The summed E-state index contributed by atoms with van der Waals surface area (Å²) in [5.41, 5.74) is 4.38. The molecule has 2 heteroatoms. The van der Waals surface area contributed by atoms with Crippen molar-refractivity contribution in [3.05, 3.63) is 35.3 Å². The number of rotatable bonds is 0. The molecule has 0 saturated carbocycles. The molecule has 0 radical (unpaired) electrons. The lowest BCUT2D eigenvalue weighted by molar-refractivity contribution is 1.15. The molecule has 0 saturated heterocycles. The van der Waals surface area contributed by atoms with E-state index in [1.54, 1.807) is 0 Å². The Kier molecular flexibility index (Phi) is 1.76. The molecule has 0 fully saturated rings. The van der Waals surface area contributed by atoms with E-state index in [1.165, 1.54) is 5.56 Å². The maximum atomic E-state index is 4.50. The van der Waals surface area contributed by atoms with Gasteiger partial charge in [0.25, 0.3) is 0 Å². The van der Waals surface area contributed by atoms with Gasteiger partial charge >= 0.3 is 0 Å². The van der Waals surface area contributed by atoms with Crippen LogP contribution in [-0.2, 0) is 0 Å². The van der Waals surface area contributed by atoms with Crippen LogP contribution in [0.25, 0.3) is 10.9 Å². The number of fused-ring (bicyclic) bond motifs is 1. The lowest BCUT2D eigenvalue weighted by Crippen LogP contribution is -1.92. The van der Waals surface area contributed by atoms with Crippen molar-refractivity contribution in [1.82, 2.24) is 9.97 Å². The predicted octanol–water partition coefficient (Wildman–Crippen LogP) is 2.56. The van der Waals surface area contributed by atoms with Crippen molar-refractivity contribution in [2.45, 2.75) is 20.8 Å². The van der Waals surface area contributed by atoms with Gasteiger partial charge in [0.2, 0.25) is 0 Å². The SMILES string of the molecule is Cc1ccc2cnc(C)c(C)c2n1. The number of pyridine rings is 2. The van der Waals surface area contributed by atoms with Crippen molar-refractivity contribution in [3.8, 4) is 0 Å². The van der Waals surface area contributed by atoms with Crippen LogP contribution in [0.1, 0.15) is 17.0 Å². The Bertz CT molecular complexity index is 456. The van der Waals surface area contributed by atoms with E-state index in [0.29, 0.717) is 0 Å². The number of aryl methyl sites for hydroxylation is 3. The zero-order valence-electron chi connectivity index (χ0n) is 8.13. The van der Waals surface area contributed by atoms with Crippen LogP contribution in [-0.4, -0.2) is 9.97 Å². The van der Waals surface area contributed by atoms with Crippen LogP contribution < -0.4 is 0 Å². The first-order valence-electron chi connectivity index (χ1n) is 4.38. The van der Waals surface area contributed by atoms with Crippen LogP contribution in [0.15, 0.2) is 18.3 Å². The second kappa shape index (κ2) is 2.80. The molecule has 13 heavy (non-hydrogen) atoms. The normalized spacial score (nSPS) is 10.7. The summed E-state index contributed by atoms with van der Waals surface area (Å²) in [5, 5.41) is 1.12. The highest BCUT2D eigenvalue weighted by atomic mass is 14.7. The summed E-state index contributed by atoms with van der Waals surface area (Å²) in [4.78, 5) is 8.79. The molecule has 0 aliphatic carbocycles. The Hall–Kier alpha value is -1.44. The van der Waals surface area contributed by atoms with Crippen molar-refractivity contribution in [2.75, 3.05) is 0 Å². The van der Waals surface area contributed by atoms with Crippen molar-refractivity contribution in [2.24, 2.45) is 0 Å². The third kappa shape index (κ3) is 1.28. The third-order valence-corrected chi connectivity index (χ3v) is 2.36. The summed E-state index contributed by atoms with van der Waals surface area (Å²) < 4.78 is 0. The van der Waals surface area contributed by atoms with Crippen LogP contribution in [0.3, 0.4) is 0 Å². The molecular weight excluding hydrogens is 160 g/mol. The molecule has 66 valence electrons. The van der Waals surface area contributed by atoms with Gasteiger partial charge in [-0.3, -0.25) is 9.97 Å². The van der Waals surface area contributed by atoms with Gasteiger partial charge in [0.1, 0.15) is 0 Å². The van der Waals surface area contributed by atoms with Crippen LogP contribution in [0.5, 0.6) is 0 Å². The van der Waals surface area contributed by atoms with Crippen LogP contribution in [0.4, 0.5) is 0 Å². The molecule has 0 aliphatic rings. The lowest BCUT2D eigenvalue weighted by atomic mass is 10.1. The summed E-state index contributed by atoms with van der Waals surface area (Å²) in [5.74, 6) is 0. The van der Waals surface area contributed by atoms with Crippen molar-refractivity contribution < 1.29 is 0 Å². The molecule has 2 aromatic heterocycles. The van der Waals surface area contributed by atoms with Crippen molar-refractivity contribution in [1.29, 1.82) is 0 Å². The predicted molar refractivity (Wildman–Crippen MR) is 53.7 cm³/mol. The second-order valence-electron chi connectivity index (χ2n) is 3.36. The van der Waals surface area contributed by atoms with Gasteiger partial charge < -0.3 is 0 Å². The maximum Gasteiger partial charge on any atom is 0.0767 e. The molecule has 0 atom stereocenters. The first-order chi connectivity index (χ1) is 6.18. The zero-order valence-corrected chi connectivity index (χ0v) is 8.13. The van der Waals surface area contributed by atoms with E-state index >= 15 is 0 Å². The minimum Gasteiger partial charge on any atom is -0.261 e. The molecule has 0 spiro atoms. The largest absolute Gasteiger partial charge is 0.261 e. The van der Waals surface area contributed by atoms with E-state index in [9.17, 15) is 0 Å². The molecular formula is C11H12N2. The highest BCUT2D eigenvalue weighted by Gasteiger charge is 2.02. The molecule has 0 N–H and O–H groups in total. The number of nitrogens with zero attached hydrogens (tertiary/aromatic N) is 2. The minimum atomic E-state index is 1.06. The van der Waals surface area contributed by atoms with Gasteiger partial charge in [0.15, 0.2) is 0 Å². The second-order valence-corrected chi connectivity index (χ2v) is 3.36. The van der Waals surface area contributed by atoms with Gasteiger partial charge in [-0.1, -0.05) is 0 Å². The summed E-state index contributed by atoms with van der Waals surface area (Å²) in [6.45, 7) is 6.09. The maximum absolute atomic E-state index is 4.50. The van der Waals surface area contributed by atoms with E-state index in [4.69, 9.17) is 0 Å². The zero-order chi connectivity index (χ0) is 9.42. The fourth-order valence-corrected chi connectivity index (χ4v) is 1.41. The van der Waals surface area contributed by atoms with E-state index in [2.05, 4.69) is 23.0 Å². The molecule has 0 bridgehead atoms. The monoisotopic (exact) mass is 172 g/mol. The van der Waals surface area contributed by atoms with Crippen LogP contribution in [0, 0.1) is 20.8 Å². The minimum absolute atomic E-state index is 1.06. The summed E-state index contributed by atoms with van der Waals surface area (Å²) in [6.07, 6.45) is 1.88. The standard InChI is InChI=1S/C11H12N2/c1-7-4-5-10-6-12-9(3)8(2)11(10)13-7/h4-6H,1-3H3. The summed E-state index contributed by atoms with van der Waals surface area (Å²) in [7, 11) is 0. The third-order valence-electron chi connectivity index (χ3n) is 2.36. The van der Waals surface area contributed by atoms with Gasteiger partial charge in [-0.05, 0) is 38.5 Å². The highest BCUT2D eigenvalue weighted by molar-refractivity contribution is 5.81. The first kappa shape index (κ1) is 8.17. The summed E-state index contributed by atoms with van der Waals surface area (Å²) >= 11 is 0. The quantitative estimate of drug-likeness (QED) is 0.610. The van der Waals surface area contributed by atoms with Gasteiger partial charge in [-0.15, -0.1) is 0 Å². The number of hydrogen-bond donors (Lipinski definition) is 0. The van der Waals surface area contributed by atoms with Gasteiger partial charge in [0.05, 0.1) is 5.52 Å². The van der Waals surface area contributed by atoms with E-state index in [-0.39, 0.29) is 0 Å². The Morgan fingerprint density at radius 3 is 2.62 bits per heavy atom. The average molecular weight is 172 g/mol. The van der Waals surface area contributed by atoms with E-state index < -0.39 is 0 Å². The number of aromatic nitrogens is 2. The Morgan fingerprint density at radius 1 is 1.08 bits per heavy atom. The molecule has 2 rings (SSSR count). The molecule has 0 unspecified atom stereocenters. The molecule has 2 aromatic rings. The van der Waals surface area contributed by atoms with Gasteiger partial charge in [-0.2, -0.15) is 0 Å². The van der Waals surface area contributed by atoms with Gasteiger partial charge in [-0.25, -0.2) is 0 Å². The first-order valence-corrected chi connectivity index (χ1v) is 4.38. The van der Waals surface area contributed by atoms with E-state index in [0.717, 1.165) is 22.3 Å².